The second-order valence-electron chi connectivity index (χ2n) is 3.48. The molecule has 0 aliphatic heterocycles. The van der Waals surface area contributed by atoms with E-state index < -0.39 is 5.97 Å². The molecule has 1 aromatic carbocycles. The summed E-state index contributed by atoms with van der Waals surface area (Å²) in [5.41, 5.74) is 1.15. The molecule has 0 saturated heterocycles. The molecule has 0 aliphatic rings. The van der Waals surface area contributed by atoms with E-state index in [1.54, 1.807) is 0 Å². The van der Waals surface area contributed by atoms with Gasteiger partial charge in [-0.25, -0.2) is 9.18 Å². The smallest absolute Gasteiger partial charge is 0.337 e. The number of aromatic carboxylic acids is 1. The molecule has 2 aromatic rings. The van der Waals surface area contributed by atoms with Crippen LogP contribution in [0.3, 0.4) is 0 Å². The Morgan fingerprint density at radius 1 is 1.44 bits per heavy atom. The first-order valence-corrected chi connectivity index (χ1v) is 4.94. The number of pyridine rings is 1. The van der Waals surface area contributed by atoms with E-state index in [2.05, 4.69) is 4.98 Å². The molecule has 82 valence electrons. The van der Waals surface area contributed by atoms with E-state index in [1.165, 1.54) is 24.3 Å². The van der Waals surface area contributed by atoms with Crippen molar-refractivity contribution in [3.8, 4) is 0 Å². The first-order valence-electron chi connectivity index (χ1n) is 4.94. The lowest BCUT2D eigenvalue weighted by Gasteiger charge is -2.05. The minimum atomic E-state index is -1.00. The summed E-state index contributed by atoms with van der Waals surface area (Å²) in [6.07, 6.45) is 0.508. The summed E-state index contributed by atoms with van der Waals surface area (Å²) in [4.78, 5) is 15.1. The van der Waals surface area contributed by atoms with Crippen molar-refractivity contribution in [1.82, 2.24) is 4.98 Å². The number of benzene rings is 1. The van der Waals surface area contributed by atoms with Crippen LogP contribution in [0.5, 0.6) is 0 Å². The van der Waals surface area contributed by atoms with E-state index in [0.717, 1.165) is 0 Å². The first kappa shape index (κ1) is 10.5. The molecule has 1 aromatic heterocycles. The largest absolute Gasteiger partial charge is 0.478 e. The van der Waals surface area contributed by atoms with Crippen LogP contribution in [0.2, 0.25) is 0 Å². The molecule has 0 atom stereocenters. The third-order valence-electron chi connectivity index (χ3n) is 2.42. The van der Waals surface area contributed by atoms with E-state index in [0.29, 0.717) is 23.0 Å². The van der Waals surface area contributed by atoms with Gasteiger partial charge in [0.2, 0.25) is 0 Å². The molecule has 3 nitrogen and oxygen atoms in total. The van der Waals surface area contributed by atoms with Crippen molar-refractivity contribution in [2.75, 3.05) is 0 Å². The molecule has 4 heteroatoms. The van der Waals surface area contributed by atoms with Crippen molar-refractivity contribution in [3.05, 3.63) is 41.3 Å². The molecule has 0 spiro atoms. The lowest BCUT2D eigenvalue weighted by Crippen LogP contribution is -2.04. The number of aromatic nitrogens is 1. The molecule has 0 unspecified atom stereocenters. The summed E-state index contributed by atoms with van der Waals surface area (Å²) in [5.74, 6) is -1.37. The van der Waals surface area contributed by atoms with Crippen LogP contribution in [-0.2, 0) is 6.42 Å². The van der Waals surface area contributed by atoms with Gasteiger partial charge in [-0.1, -0.05) is 6.92 Å². The lowest BCUT2D eigenvalue weighted by atomic mass is 10.1. The zero-order valence-corrected chi connectivity index (χ0v) is 8.70. The number of aryl methyl sites for hydroxylation is 1. The summed E-state index contributed by atoms with van der Waals surface area (Å²) < 4.78 is 13.0. The fourth-order valence-corrected chi connectivity index (χ4v) is 1.63. The maximum Gasteiger partial charge on any atom is 0.337 e. The number of carbonyl (C=O) groups is 1. The molecule has 0 aliphatic carbocycles. The Hall–Kier alpha value is -1.97. The Morgan fingerprint density at radius 3 is 2.81 bits per heavy atom. The summed E-state index contributed by atoms with van der Waals surface area (Å²) in [6.45, 7) is 1.82. The number of rotatable bonds is 2. The van der Waals surface area contributed by atoms with Crippen molar-refractivity contribution in [2.45, 2.75) is 13.3 Å². The predicted molar refractivity (Wildman–Crippen MR) is 58.0 cm³/mol. The zero-order chi connectivity index (χ0) is 11.7. The van der Waals surface area contributed by atoms with Crippen molar-refractivity contribution in [1.29, 1.82) is 0 Å². The van der Waals surface area contributed by atoms with Crippen molar-refractivity contribution in [3.63, 3.8) is 0 Å². The molecule has 0 radical (unpaired) electrons. The monoisotopic (exact) mass is 219 g/mol. The van der Waals surface area contributed by atoms with Crippen LogP contribution in [0.15, 0.2) is 24.3 Å². The zero-order valence-electron chi connectivity index (χ0n) is 8.70. The SMILES string of the molecule is CCc1nc2cc(F)ccc2cc1C(=O)O. The van der Waals surface area contributed by atoms with Gasteiger partial charge in [0.05, 0.1) is 16.8 Å². The number of hydrogen-bond acceptors (Lipinski definition) is 2. The van der Waals surface area contributed by atoms with Crippen LogP contribution >= 0.6 is 0 Å². The third-order valence-corrected chi connectivity index (χ3v) is 2.42. The van der Waals surface area contributed by atoms with Crippen LogP contribution in [-0.4, -0.2) is 16.1 Å². The van der Waals surface area contributed by atoms with Crippen LogP contribution in [0.4, 0.5) is 4.39 Å². The molecule has 1 N–H and O–H groups in total. The van der Waals surface area contributed by atoms with Gasteiger partial charge in [-0.05, 0) is 24.6 Å². The van der Waals surface area contributed by atoms with Crippen molar-refractivity contribution in [2.24, 2.45) is 0 Å². The van der Waals surface area contributed by atoms with Crippen molar-refractivity contribution < 1.29 is 14.3 Å². The normalized spacial score (nSPS) is 10.6. The highest BCUT2D eigenvalue weighted by Gasteiger charge is 2.11. The molecular formula is C12H10FNO2. The maximum atomic E-state index is 13.0. The highest BCUT2D eigenvalue weighted by atomic mass is 19.1. The Labute approximate surface area is 91.5 Å². The Bertz CT molecular complexity index is 566. The molecule has 0 fully saturated rings. The van der Waals surface area contributed by atoms with Gasteiger partial charge in [-0.2, -0.15) is 0 Å². The topological polar surface area (TPSA) is 50.2 Å². The number of carboxylic acid groups (broad SMARTS) is 1. The molecule has 16 heavy (non-hydrogen) atoms. The summed E-state index contributed by atoms with van der Waals surface area (Å²) >= 11 is 0. The lowest BCUT2D eigenvalue weighted by molar-refractivity contribution is 0.0695. The number of hydrogen-bond donors (Lipinski definition) is 1. The highest BCUT2D eigenvalue weighted by molar-refractivity contribution is 5.94. The molecular weight excluding hydrogens is 209 g/mol. The second-order valence-corrected chi connectivity index (χ2v) is 3.48. The van der Waals surface area contributed by atoms with Crippen LogP contribution < -0.4 is 0 Å². The average molecular weight is 219 g/mol. The van der Waals surface area contributed by atoms with Gasteiger partial charge in [-0.3, -0.25) is 4.98 Å². The summed E-state index contributed by atoms with van der Waals surface area (Å²) in [5, 5.41) is 9.63. The van der Waals surface area contributed by atoms with Gasteiger partial charge < -0.3 is 5.11 Å². The minimum Gasteiger partial charge on any atom is -0.478 e. The van der Waals surface area contributed by atoms with Gasteiger partial charge >= 0.3 is 5.97 Å². The van der Waals surface area contributed by atoms with E-state index in [1.807, 2.05) is 6.92 Å². The Balaban J connectivity index is 2.75. The average Bonchev–Trinajstić information content (AvgIpc) is 2.26. The maximum absolute atomic E-state index is 13.0. The van der Waals surface area contributed by atoms with Gasteiger partial charge in [0.1, 0.15) is 5.82 Å². The molecule has 0 amide bonds. The van der Waals surface area contributed by atoms with E-state index in [9.17, 15) is 9.18 Å². The number of halogens is 1. The summed E-state index contributed by atoms with van der Waals surface area (Å²) in [6, 6.07) is 5.66. The highest BCUT2D eigenvalue weighted by Crippen LogP contribution is 2.18. The van der Waals surface area contributed by atoms with Gasteiger partial charge in [0.15, 0.2) is 0 Å². The van der Waals surface area contributed by atoms with Gasteiger partial charge in [-0.15, -0.1) is 0 Å². The molecule has 1 heterocycles. The number of carboxylic acids is 1. The van der Waals surface area contributed by atoms with Crippen molar-refractivity contribution >= 4 is 16.9 Å². The quantitative estimate of drug-likeness (QED) is 0.844. The molecule has 0 bridgehead atoms. The van der Waals surface area contributed by atoms with E-state index in [-0.39, 0.29) is 11.4 Å². The fraction of sp³-hybridized carbons (Fsp3) is 0.167. The standard InChI is InChI=1S/C12H10FNO2/c1-2-10-9(12(15)16)5-7-3-4-8(13)6-11(7)14-10/h3-6H,2H2,1H3,(H,15,16). The number of nitrogens with zero attached hydrogens (tertiary/aromatic N) is 1. The Morgan fingerprint density at radius 2 is 2.19 bits per heavy atom. The Kier molecular flexibility index (Phi) is 2.56. The fourth-order valence-electron chi connectivity index (χ4n) is 1.63. The minimum absolute atomic E-state index is 0.182. The van der Waals surface area contributed by atoms with Crippen LogP contribution in [0, 0.1) is 5.82 Å². The number of fused-ring (bicyclic) bond motifs is 1. The third kappa shape index (κ3) is 1.74. The van der Waals surface area contributed by atoms with Gasteiger partial charge in [0.25, 0.3) is 0 Å². The van der Waals surface area contributed by atoms with Gasteiger partial charge in [0, 0.05) is 11.5 Å². The first-order chi connectivity index (χ1) is 7.61. The summed E-state index contributed by atoms with van der Waals surface area (Å²) in [7, 11) is 0. The predicted octanol–water partition coefficient (Wildman–Crippen LogP) is 2.63. The second kappa shape index (κ2) is 3.89. The van der Waals surface area contributed by atoms with E-state index in [4.69, 9.17) is 5.11 Å². The van der Waals surface area contributed by atoms with Crippen LogP contribution in [0.1, 0.15) is 23.0 Å². The molecule has 2 rings (SSSR count). The van der Waals surface area contributed by atoms with E-state index >= 15 is 0 Å². The van der Waals surface area contributed by atoms with Crippen LogP contribution in [0.25, 0.3) is 10.9 Å². The molecule has 0 saturated carbocycles.